The SMILES string of the molecule is CC(CN)S(=O)(=O)Nc1ccc(Br)c(C(F)(F)F)c1. The summed E-state index contributed by atoms with van der Waals surface area (Å²) in [6, 6.07) is 3.10. The molecule has 1 aromatic carbocycles. The molecule has 9 heteroatoms. The second-order valence-electron chi connectivity index (χ2n) is 3.89. The lowest BCUT2D eigenvalue weighted by atomic mass is 10.2. The van der Waals surface area contributed by atoms with E-state index in [1.807, 2.05) is 0 Å². The highest BCUT2D eigenvalue weighted by Crippen LogP contribution is 2.36. The first kappa shape index (κ1) is 16.3. The first-order chi connectivity index (χ1) is 8.58. The zero-order valence-electron chi connectivity index (χ0n) is 9.83. The normalized spacial score (nSPS) is 14.2. The fraction of sp³-hybridized carbons (Fsp3) is 0.400. The maximum Gasteiger partial charge on any atom is 0.417 e. The largest absolute Gasteiger partial charge is 0.417 e. The summed E-state index contributed by atoms with van der Waals surface area (Å²) in [7, 11) is -3.80. The molecular formula is C10H12BrF3N2O2S. The van der Waals surface area contributed by atoms with Gasteiger partial charge in [-0.25, -0.2) is 8.42 Å². The Morgan fingerprint density at radius 2 is 2.00 bits per heavy atom. The van der Waals surface area contributed by atoms with E-state index in [1.165, 1.54) is 13.0 Å². The van der Waals surface area contributed by atoms with Crippen molar-refractivity contribution in [3.8, 4) is 0 Å². The highest BCUT2D eigenvalue weighted by molar-refractivity contribution is 9.10. The van der Waals surface area contributed by atoms with Crippen LogP contribution in [-0.4, -0.2) is 20.2 Å². The summed E-state index contributed by atoms with van der Waals surface area (Å²) >= 11 is 2.77. The summed E-state index contributed by atoms with van der Waals surface area (Å²) in [5.74, 6) is 0. The Labute approximate surface area is 117 Å². The highest BCUT2D eigenvalue weighted by atomic mass is 79.9. The van der Waals surface area contributed by atoms with Gasteiger partial charge >= 0.3 is 6.18 Å². The van der Waals surface area contributed by atoms with Crippen LogP contribution in [-0.2, 0) is 16.2 Å². The standard InChI is InChI=1S/C10H12BrF3N2O2S/c1-6(5-15)19(17,18)16-7-2-3-9(11)8(4-7)10(12,13)14/h2-4,6,16H,5,15H2,1H3. The van der Waals surface area contributed by atoms with Gasteiger partial charge in [0.15, 0.2) is 0 Å². The van der Waals surface area contributed by atoms with E-state index in [-0.39, 0.29) is 16.7 Å². The van der Waals surface area contributed by atoms with Crippen molar-refractivity contribution in [1.82, 2.24) is 0 Å². The summed E-state index contributed by atoms with van der Waals surface area (Å²) in [5, 5.41) is -0.898. The number of nitrogens with two attached hydrogens (primary N) is 1. The lowest BCUT2D eigenvalue weighted by Crippen LogP contribution is -2.31. The minimum atomic E-state index is -4.57. The smallest absolute Gasteiger partial charge is 0.329 e. The van der Waals surface area contributed by atoms with Gasteiger partial charge in [-0.1, -0.05) is 15.9 Å². The number of benzene rings is 1. The van der Waals surface area contributed by atoms with Gasteiger partial charge in [0.1, 0.15) is 0 Å². The molecule has 0 heterocycles. The van der Waals surface area contributed by atoms with Crippen molar-refractivity contribution in [2.24, 2.45) is 5.73 Å². The van der Waals surface area contributed by atoms with Gasteiger partial charge in [0.05, 0.1) is 10.8 Å². The molecule has 108 valence electrons. The van der Waals surface area contributed by atoms with E-state index < -0.39 is 27.0 Å². The summed E-state index contributed by atoms with van der Waals surface area (Å²) < 4.78 is 63.3. The number of nitrogens with one attached hydrogen (secondary N) is 1. The van der Waals surface area contributed by atoms with Crippen molar-refractivity contribution < 1.29 is 21.6 Å². The van der Waals surface area contributed by atoms with Crippen LogP contribution in [0.25, 0.3) is 0 Å². The van der Waals surface area contributed by atoms with E-state index in [4.69, 9.17) is 5.73 Å². The molecular weight excluding hydrogens is 349 g/mol. The molecule has 1 aromatic rings. The molecule has 0 bridgehead atoms. The second-order valence-corrected chi connectivity index (χ2v) is 6.84. The van der Waals surface area contributed by atoms with Crippen LogP contribution in [0.4, 0.5) is 18.9 Å². The predicted molar refractivity (Wildman–Crippen MR) is 70.2 cm³/mol. The lowest BCUT2D eigenvalue weighted by molar-refractivity contribution is -0.138. The van der Waals surface area contributed by atoms with Gasteiger partial charge in [-0.3, -0.25) is 4.72 Å². The minimum Gasteiger partial charge on any atom is -0.329 e. The number of halogens is 4. The summed E-state index contributed by atoms with van der Waals surface area (Å²) in [6.45, 7) is 1.24. The van der Waals surface area contributed by atoms with Crippen LogP contribution in [0.1, 0.15) is 12.5 Å². The van der Waals surface area contributed by atoms with Gasteiger partial charge in [0.2, 0.25) is 10.0 Å². The summed E-state index contributed by atoms with van der Waals surface area (Å²) in [5.41, 5.74) is 4.12. The molecule has 0 aliphatic carbocycles. The summed E-state index contributed by atoms with van der Waals surface area (Å²) in [4.78, 5) is 0. The molecule has 0 spiro atoms. The average molecular weight is 361 g/mol. The molecule has 0 aliphatic rings. The van der Waals surface area contributed by atoms with Gasteiger partial charge in [-0.2, -0.15) is 13.2 Å². The Balaban J connectivity index is 3.12. The minimum absolute atomic E-state index is 0.127. The molecule has 0 fully saturated rings. The fourth-order valence-corrected chi connectivity index (χ4v) is 2.58. The zero-order chi connectivity index (χ0) is 14.8. The van der Waals surface area contributed by atoms with Crippen molar-refractivity contribution in [3.05, 3.63) is 28.2 Å². The number of rotatable bonds is 4. The average Bonchev–Trinajstić information content (AvgIpc) is 2.28. The number of hydrogen-bond acceptors (Lipinski definition) is 3. The van der Waals surface area contributed by atoms with Crippen LogP contribution >= 0.6 is 15.9 Å². The molecule has 0 saturated carbocycles. The van der Waals surface area contributed by atoms with Crippen molar-refractivity contribution in [1.29, 1.82) is 0 Å². The number of anilines is 1. The Morgan fingerprint density at radius 3 is 2.47 bits per heavy atom. The Hall–Kier alpha value is -0.800. The topological polar surface area (TPSA) is 72.2 Å². The molecule has 1 rings (SSSR count). The van der Waals surface area contributed by atoms with Crippen molar-refractivity contribution in [3.63, 3.8) is 0 Å². The van der Waals surface area contributed by atoms with Crippen LogP contribution in [0, 0.1) is 0 Å². The monoisotopic (exact) mass is 360 g/mol. The van der Waals surface area contributed by atoms with Crippen LogP contribution in [0.15, 0.2) is 22.7 Å². The van der Waals surface area contributed by atoms with Gasteiger partial charge in [-0.15, -0.1) is 0 Å². The van der Waals surface area contributed by atoms with Gasteiger partial charge in [0, 0.05) is 16.7 Å². The third kappa shape index (κ3) is 4.08. The van der Waals surface area contributed by atoms with E-state index >= 15 is 0 Å². The van der Waals surface area contributed by atoms with E-state index in [0.29, 0.717) is 0 Å². The predicted octanol–water partition coefficient (Wildman–Crippen LogP) is 2.56. The Bertz CT molecular complexity index is 560. The van der Waals surface area contributed by atoms with E-state index in [1.54, 1.807) is 0 Å². The van der Waals surface area contributed by atoms with E-state index in [9.17, 15) is 21.6 Å². The second kappa shape index (κ2) is 5.68. The molecule has 0 aliphatic heterocycles. The molecule has 0 radical (unpaired) electrons. The van der Waals surface area contributed by atoms with Gasteiger partial charge in [-0.05, 0) is 25.1 Å². The molecule has 1 atom stereocenters. The van der Waals surface area contributed by atoms with Crippen LogP contribution in [0.3, 0.4) is 0 Å². The molecule has 0 amide bonds. The third-order valence-electron chi connectivity index (χ3n) is 2.39. The van der Waals surface area contributed by atoms with E-state index in [0.717, 1.165) is 12.1 Å². The highest BCUT2D eigenvalue weighted by Gasteiger charge is 2.33. The molecule has 0 aromatic heterocycles. The molecule has 4 nitrogen and oxygen atoms in total. The Kier molecular flexibility index (Phi) is 4.86. The number of alkyl halides is 3. The van der Waals surface area contributed by atoms with E-state index in [2.05, 4.69) is 20.7 Å². The third-order valence-corrected chi connectivity index (χ3v) is 4.86. The van der Waals surface area contributed by atoms with Crippen molar-refractivity contribution >= 4 is 31.6 Å². The van der Waals surface area contributed by atoms with Crippen LogP contribution in [0.5, 0.6) is 0 Å². The van der Waals surface area contributed by atoms with Crippen molar-refractivity contribution in [2.75, 3.05) is 11.3 Å². The maximum absolute atomic E-state index is 12.7. The molecule has 0 saturated heterocycles. The summed E-state index contributed by atoms with van der Waals surface area (Å²) in [6.07, 6.45) is -4.57. The maximum atomic E-state index is 12.7. The number of sulfonamides is 1. The molecule has 19 heavy (non-hydrogen) atoms. The van der Waals surface area contributed by atoms with Gasteiger partial charge in [0.25, 0.3) is 0 Å². The zero-order valence-corrected chi connectivity index (χ0v) is 12.2. The first-order valence-electron chi connectivity index (χ1n) is 5.16. The first-order valence-corrected chi connectivity index (χ1v) is 7.50. The Morgan fingerprint density at radius 1 is 1.42 bits per heavy atom. The quantitative estimate of drug-likeness (QED) is 0.866. The van der Waals surface area contributed by atoms with Crippen molar-refractivity contribution in [2.45, 2.75) is 18.3 Å². The van der Waals surface area contributed by atoms with Crippen LogP contribution < -0.4 is 10.5 Å². The molecule has 1 unspecified atom stereocenters. The number of hydrogen-bond donors (Lipinski definition) is 2. The van der Waals surface area contributed by atoms with Gasteiger partial charge < -0.3 is 5.73 Å². The fourth-order valence-electron chi connectivity index (χ4n) is 1.20. The van der Waals surface area contributed by atoms with Crippen LogP contribution in [0.2, 0.25) is 0 Å². The lowest BCUT2D eigenvalue weighted by Gasteiger charge is -2.15. The molecule has 3 N–H and O–H groups in total.